The zero-order valence-corrected chi connectivity index (χ0v) is 10.2. The minimum atomic E-state index is -0.837. The van der Waals surface area contributed by atoms with Gasteiger partial charge >= 0.3 is 12.0 Å². The highest BCUT2D eigenvalue weighted by Crippen LogP contribution is 2.45. The number of carboxylic acids is 1. The van der Waals surface area contributed by atoms with E-state index in [0.29, 0.717) is 25.1 Å². The Bertz CT molecular complexity index is 437. The number of carbonyl (C=O) groups excluding carboxylic acids is 1. The van der Waals surface area contributed by atoms with Crippen LogP contribution in [0.3, 0.4) is 0 Å². The molecule has 1 aromatic heterocycles. The van der Waals surface area contributed by atoms with Crippen molar-refractivity contribution in [3.63, 3.8) is 0 Å². The Morgan fingerprint density at radius 2 is 2.28 bits per heavy atom. The number of carbonyl (C=O) groups is 2. The fourth-order valence-electron chi connectivity index (χ4n) is 1.71. The molecule has 0 unspecified atom stereocenters. The van der Waals surface area contributed by atoms with Crippen LogP contribution in [-0.2, 0) is 11.3 Å². The highest BCUT2D eigenvalue weighted by molar-refractivity contribution is 5.80. The predicted molar refractivity (Wildman–Crippen MR) is 62.9 cm³/mol. The summed E-state index contributed by atoms with van der Waals surface area (Å²) in [4.78, 5) is 24.1. The zero-order chi connectivity index (χ0) is 13.2. The lowest BCUT2D eigenvalue weighted by Gasteiger charge is -2.18. The maximum atomic E-state index is 11.7. The lowest BCUT2D eigenvalue weighted by Crippen LogP contribution is -2.41. The predicted octanol–water partition coefficient (Wildman–Crippen LogP) is 1.29. The first kappa shape index (κ1) is 12.5. The van der Waals surface area contributed by atoms with E-state index in [-0.39, 0.29) is 12.6 Å². The average Bonchev–Trinajstić information content (AvgIpc) is 2.97. The second-order valence-corrected chi connectivity index (χ2v) is 4.68. The second-order valence-electron chi connectivity index (χ2n) is 4.68. The van der Waals surface area contributed by atoms with Gasteiger partial charge in [-0.3, -0.25) is 4.79 Å². The van der Waals surface area contributed by atoms with Crippen molar-refractivity contribution in [2.24, 2.45) is 5.41 Å². The van der Waals surface area contributed by atoms with E-state index in [0.717, 1.165) is 0 Å². The number of rotatable bonds is 5. The molecule has 18 heavy (non-hydrogen) atoms. The van der Waals surface area contributed by atoms with Crippen molar-refractivity contribution in [2.45, 2.75) is 19.4 Å². The van der Waals surface area contributed by atoms with Crippen LogP contribution in [0.2, 0.25) is 0 Å². The number of urea groups is 1. The van der Waals surface area contributed by atoms with Crippen LogP contribution in [0, 0.1) is 5.41 Å². The zero-order valence-electron chi connectivity index (χ0n) is 10.2. The number of nitrogens with one attached hydrogen (secondary N) is 1. The van der Waals surface area contributed by atoms with Gasteiger partial charge in [-0.25, -0.2) is 4.79 Å². The number of aliphatic carboxylic acids is 1. The monoisotopic (exact) mass is 252 g/mol. The molecule has 6 heteroatoms. The minimum Gasteiger partial charge on any atom is -0.481 e. The quantitative estimate of drug-likeness (QED) is 0.827. The van der Waals surface area contributed by atoms with Gasteiger partial charge in [0.1, 0.15) is 5.76 Å². The maximum Gasteiger partial charge on any atom is 0.317 e. The van der Waals surface area contributed by atoms with Crippen molar-refractivity contribution in [2.75, 3.05) is 13.6 Å². The van der Waals surface area contributed by atoms with Crippen molar-refractivity contribution < 1.29 is 19.1 Å². The summed E-state index contributed by atoms with van der Waals surface area (Å²) in [5.41, 5.74) is -0.735. The van der Waals surface area contributed by atoms with E-state index in [9.17, 15) is 9.59 Å². The third-order valence-electron chi connectivity index (χ3n) is 3.21. The number of amides is 2. The summed E-state index contributed by atoms with van der Waals surface area (Å²) in [5, 5.41) is 11.6. The van der Waals surface area contributed by atoms with Crippen molar-refractivity contribution >= 4 is 12.0 Å². The SMILES string of the molecule is CN(Cc1ccco1)C(=O)NCC1(C(=O)O)CC1. The highest BCUT2D eigenvalue weighted by Gasteiger charge is 2.50. The summed E-state index contributed by atoms with van der Waals surface area (Å²) in [6.45, 7) is 0.544. The summed E-state index contributed by atoms with van der Waals surface area (Å²) in [5.74, 6) is -0.150. The van der Waals surface area contributed by atoms with Crippen LogP contribution in [0.1, 0.15) is 18.6 Å². The molecule has 98 valence electrons. The Morgan fingerprint density at radius 1 is 1.56 bits per heavy atom. The fourth-order valence-corrected chi connectivity index (χ4v) is 1.71. The summed E-state index contributed by atoms with van der Waals surface area (Å²) < 4.78 is 5.13. The average molecular weight is 252 g/mol. The molecular formula is C12H16N2O4. The van der Waals surface area contributed by atoms with Crippen molar-refractivity contribution in [1.82, 2.24) is 10.2 Å². The van der Waals surface area contributed by atoms with Crippen LogP contribution < -0.4 is 5.32 Å². The molecule has 1 heterocycles. The molecular weight excluding hydrogens is 236 g/mol. The Balaban J connectivity index is 1.79. The molecule has 1 saturated carbocycles. The van der Waals surface area contributed by atoms with Gasteiger partial charge in [-0.1, -0.05) is 0 Å². The normalized spacial score (nSPS) is 16.1. The van der Waals surface area contributed by atoms with E-state index in [2.05, 4.69) is 5.32 Å². The Labute approximate surface area is 105 Å². The number of hydrogen-bond donors (Lipinski definition) is 2. The summed E-state index contributed by atoms with van der Waals surface area (Å²) in [6, 6.07) is 3.24. The van der Waals surface area contributed by atoms with Crippen LogP contribution in [0.25, 0.3) is 0 Å². The molecule has 2 rings (SSSR count). The van der Waals surface area contributed by atoms with Gasteiger partial charge < -0.3 is 19.7 Å². The maximum absolute atomic E-state index is 11.7. The smallest absolute Gasteiger partial charge is 0.317 e. The van der Waals surface area contributed by atoms with E-state index in [1.165, 1.54) is 4.90 Å². The van der Waals surface area contributed by atoms with Gasteiger partial charge in [-0.05, 0) is 25.0 Å². The number of nitrogens with zero attached hydrogens (tertiary/aromatic N) is 1. The van der Waals surface area contributed by atoms with Crippen molar-refractivity contribution in [3.8, 4) is 0 Å². The van der Waals surface area contributed by atoms with E-state index in [1.54, 1.807) is 25.4 Å². The molecule has 1 aliphatic rings. The number of furan rings is 1. The molecule has 6 nitrogen and oxygen atoms in total. The Morgan fingerprint density at radius 3 is 2.78 bits per heavy atom. The molecule has 1 aromatic rings. The van der Waals surface area contributed by atoms with Gasteiger partial charge in [0, 0.05) is 13.6 Å². The molecule has 0 aromatic carbocycles. The summed E-state index contributed by atoms with van der Waals surface area (Å²) in [6.07, 6.45) is 2.81. The molecule has 0 bridgehead atoms. The Hall–Kier alpha value is -1.98. The number of carboxylic acid groups (broad SMARTS) is 1. The van der Waals surface area contributed by atoms with Crippen LogP contribution in [-0.4, -0.2) is 35.6 Å². The first-order chi connectivity index (χ1) is 8.53. The van der Waals surface area contributed by atoms with E-state index >= 15 is 0 Å². The van der Waals surface area contributed by atoms with Crippen molar-refractivity contribution in [1.29, 1.82) is 0 Å². The molecule has 2 N–H and O–H groups in total. The van der Waals surface area contributed by atoms with Gasteiger partial charge in [0.15, 0.2) is 0 Å². The van der Waals surface area contributed by atoms with E-state index in [4.69, 9.17) is 9.52 Å². The second kappa shape index (κ2) is 4.72. The fraction of sp³-hybridized carbons (Fsp3) is 0.500. The molecule has 0 radical (unpaired) electrons. The van der Waals surface area contributed by atoms with Gasteiger partial charge in [-0.15, -0.1) is 0 Å². The largest absolute Gasteiger partial charge is 0.481 e. The third kappa shape index (κ3) is 2.64. The number of hydrogen-bond acceptors (Lipinski definition) is 3. The van der Waals surface area contributed by atoms with E-state index in [1.807, 2.05) is 0 Å². The minimum absolute atomic E-state index is 0.184. The first-order valence-corrected chi connectivity index (χ1v) is 5.78. The third-order valence-corrected chi connectivity index (χ3v) is 3.21. The van der Waals surface area contributed by atoms with Crippen LogP contribution >= 0.6 is 0 Å². The van der Waals surface area contributed by atoms with Gasteiger partial charge in [0.05, 0.1) is 18.2 Å². The standard InChI is InChI=1S/C12H16N2O4/c1-14(7-9-3-2-6-18-9)11(17)13-8-12(4-5-12)10(15)16/h2-3,6H,4-5,7-8H2,1H3,(H,13,17)(H,15,16). The Kier molecular flexibility index (Phi) is 3.27. The van der Waals surface area contributed by atoms with Crippen LogP contribution in [0.4, 0.5) is 4.79 Å². The molecule has 0 atom stereocenters. The van der Waals surface area contributed by atoms with Gasteiger partial charge in [-0.2, -0.15) is 0 Å². The molecule has 0 saturated heterocycles. The molecule has 2 amide bonds. The lowest BCUT2D eigenvalue weighted by atomic mass is 10.1. The van der Waals surface area contributed by atoms with Gasteiger partial charge in [0.2, 0.25) is 0 Å². The molecule has 1 aliphatic carbocycles. The van der Waals surface area contributed by atoms with Crippen molar-refractivity contribution in [3.05, 3.63) is 24.2 Å². The lowest BCUT2D eigenvalue weighted by molar-refractivity contribution is -0.143. The highest BCUT2D eigenvalue weighted by atomic mass is 16.4. The molecule has 1 fully saturated rings. The summed E-state index contributed by atoms with van der Waals surface area (Å²) >= 11 is 0. The topological polar surface area (TPSA) is 82.8 Å². The molecule has 0 spiro atoms. The van der Waals surface area contributed by atoms with Crippen LogP contribution in [0.15, 0.2) is 22.8 Å². The van der Waals surface area contributed by atoms with E-state index < -0.39 is 11.4 Å². The first-order valence-electron chi connectivity index (χ1n) is 5.78. The molecule has 0 aliphatic heterocycles. The van der Waals surface area contributed by atoms with Crippen LogP contribution in [0.5, 0.6) is 0 Å². The van der Waals surface area contributed by atoms with Gasteiger partial charge in [0.25, 0.3) is 0 Å². The summed E-state index contributed by atoms with van der Waals surface area (Å²) in [7, 11) is 1.64.